The van der Waals surface area contributed by atoms with Gasteiger partial charge in [0, 0.05) is 25.1 Å². The molecule has 0 bridgehead atoms. The van der Waals surface area contributed by atoms with Crippen LogP contribution in [0.5, 0.6) is 0 Å². The molecule has 5 N–H and O–H groups in total. The van der Waals surface area contributed by atoms with Crippen LogP contribution >= 0.6 is 0 Å². The highest BCUT2D eigenvalue weighted by Crippen LogP contribution is 2.28. The van der Waals surface area contributed by atoms with E-state index in [4.69, 9.17) is 11.6 Å². The molecule has 1 aliphatic heterocycles. The SMILES string of the molecule is CCc1nc(NN)c(C)c(N2CCC(C(N)=O)C2)n1. The van der Waals surface area contributed by atoms with Gasteiger partial charge in [0.1, 0.15) is 17.5 Å². The molecular weight excluding hydrogens is 244 g/mol. The van der Waals surface area contributed by atoms with Gasteiger partial charge < -0.3 is 16.1 Å². The van der Waals surface area contributed by atoms with Crippen LogP contribution in [0.25, 0.3) is 0 Å². The van der Waals surface area contributed by atoms with Crippen molar-refractivity contribution in [3.63, 3.8) is 0 Å². The number of carbonyl (C=O) groups is 1. The smallest absolute Gasteiger partial charge is 0.222 e. The zero-order valence-electron chi connectivity index (χ0n) is 11.3. The highest BCUT2D eigenvalue weighted by atomic mass is 16.1. The van der Waals surface area contributed by atoms with Crippen molar-refractivity contribution in [2.75, 3.05) is 23.4 Å². The van der Waals surface area contributed by atoms with E-state index in [-0.39, 0.29) is 11.8 Å². The van der Waals surface area contributed by atoms with Gasteiger partial charge in [-0.25, -0.2) is 15.8 Å². The van der Waals surface area contributed by atoms with Crippen molar-refractivity contribution >= 4 is 17.5 Å². The Morgan fingerprint density at radius 3 is 2.79 bits per heavy atom. The number of hydrogen-bond acceptors (Lipinski definition) is 6. The molecule has 0 spiro atoms. The molecule has 0 aromatic carbocycles. The second-order valence-corrected chi connectivity index (χ2v) is 4.77. The van der Waals surface area contributed by atoms with Gasteiger partial charge in [-0.05, 0) is 13.3 Å². The number of nitrogen functional groups attached to an aromatic ring is 1. The first-order valence-electron chi connectivity index (χ1n) is 6.45. The number of anilines is 2. The summed E-state index contributed by atoms with van der Waals surface area (Å²) in [7, 11) is 0. The van der Waals surface area contributed by atoms with E-state index < -0.39 is 0 Å². The third kappa shape index (κ3) is 2.60. The molecule has 0 radical (unpaired) electrons. The summed E-state index contributed by atoms with van der Waals surface area (Å²) in [6.45, 7) is 5.30. The second-order valence-electron chi connectivity index (χ2n) is 4.77. The normalized spacial score (nSPS) is 18.7. The number of amides is 1. The summed E-state index contributed by atoms with van der Waals surface area (Å²) in [5, 5.41) is 0. The lowest BCUT2D eigenvalue weighted by molar-refractivity contribution is -0.121. The Balaban J connectivity index is 2.32. The fraction of sp³-hybridized carbons (Fsp3) is 0.583. The topological polar surface area (TPSA) is 110 Å². The number of aryl methyl sites for hydroxylation is 1. The lowest BCUT2D eigenvalue weighted by Crippen LogP contribution is -2.28. The molecule has 1 amide bonds. The number of rotatable bonds is 4. The summed E-state index contributed by atoms with van der Waals surface area (Å²) in [4.78, 5) is 22.2. The van der Waals surface area contributed by atoms with E-state index >= 15 is 0 Å². The molecule has 7 nitrogen and oxygen atoms in total. The number of nitrogens with one attached hydrogen (secondary N) is 1. The number of carbonyl (C=O) groups excluding carboxylic acids is 1. The van der Waals surface area contributed by atoms with Crippen molar-refractivity contribution in [3.05, 3.63) is 11.4 Å². The van der Waals surface area contributed by atoms with Crippen LogP contribution in [-0.2, 0) is 11.2 Å². The van der Waals surface area contributed by atoms with Gasteiger partial charge in [0.2, 0.25) is 5.91 Å². The Kier molecular flexibility index (Phi) is 3.84. The molecule has 1 aromatic heterocycles. The molecular formula is C12H20N6O. The molecule has 104 valence electrons. The van der Waals surface area contributed by atoms with E-state index in [0.717, 1.165) is 36.6 Å². The van der Waals surface area contributed by atoms with Crippen LogP contribution < -0.4 is 21.9 Å². The van der Waals surface area contributed by atoms with Crippen molar-refractivity contribution in [2.24, 2.45) is 17.5 Å². The van der Waals surface area contributed by atoms with Crippen molar-refractivity contribution in [2.45, 2.75) is 26.7 Å². The predicted molar refractivity (Wildman–Crippen MR) is 73.5 cm³/mol. The fourth-order valence-electron chi connectivity index (χ4n) is 2.34. The first-order valence-corrected chi connectivity index (χ1v) is 6.45. The number of hydrogen-bond donors (Lipinski definition) is 3. The van der Waals surface area contributed by atoms with Crippen LogP contribution in [-0.4, -0.2) is 29.0 Å². The highest BCUT2D eigenvalue weighted by Gasteiger charge is 2.29. The number of aromatic nitrogens is 2. The summed E-state index contributed by atoms with van der Waals surface area (Å²) in [6.07, 6.45) is 1.50. The Morgan fingerprint density at radius 1 is 1.53 bits per heavy atom. The monoisotopic (exact) mass is 264 g/mol. The maximum absolute atomic E-state index is 11.2. The van der Waals surface area contributed by atoms with Crippen molar-refractivity contribution in [3.8, 4) is 0 Å². The van der Waals surface area contributed by atoms with Gasteiger partial charge in [-0.1, -0.05) is 6.92 Å². The summed E-state index contributed by atoms with van der Waals surface area (Å²) >= 11 is 0. The van der Waals surface area contributed by atoms with Crippen LogP contribution in [0.3, 0.4) is 0 Å². The van der Waals surface area contributed by atoms with E-state index in [2.05, 4.69) is 20.3 Å². The summed E-state index contributed by atoms with van der Waals surface area (Å²) < 4.78 is 0. The lowest BCUT2D eigenvalue weighted by Gasteiger charge is -2.21. The maximum Gasteiger partial charge on any atom is 0.222 e. The van der Waals surface area contributed by atoms with Crippen molar-refractivity contribution in [1.82, 2.24) is 9.97 Å². The predicted octanol–water partition coefficient (Wildman–Crippen LogP) is -0.0554. The Bertz CT molecular complexity index is 489. The zero-order valence-corrected chi connectivity index (χ0v) is 11.3. The zero-order chi connectivity index (χ0) is 14.0. The molecule has 2 rings (SSSR count). The quantitative estimate of drug-likeness (QED) is 0.519. The number of nitrogens with two attached hydrogens (primary N) is 2. The van der Waals surface area contributed by atoms with Crippen LogP contribution in [0.15, 0.2) is 0 Å². The van der Waals surface area contributed by atoms with Crippen LogP contribution in [0.1, 0.15) is 24.7 Å². The van der Waals surface area contributed by atoms with Crippen molar-refractivity contribution in [1.29, 1.82) is 0 Å². The Hall–Kier alpha value is -1.89. The third-order valence-corrected chi connectivity index (χ3v) is 3.51. The molecule has 1 saturated heterocycles. The molecule has 1 aromatic rings. The number of primary amides is 1. The molecule has 19 heavy (non-hydrogen) atoms. The van der Waals surface area contributed by atoms with E-state index in [1.54, 1.807) is 0 Å². The molecule has 2 heterocycles. The van der Waals surface area contributed by atoms with Gasteiger partial charge in [-0.2, -0.15) is 0 Å². The summed E-state index contributed by atoms with van der Waals surface area (Å²) in [5.74, 6) is 7.33. The van der Waals surface area contributed by atoms with Gasteiger partial charge in [-0.3, -0.25) is 4.79 Å². The maximum atomic E-state index is 11.2. The van der Waals surface area contributed by atoms with Crippen LogP contribution in [0.2, 0.25) is 0 Å². The largest absolute Gasteiger partial charge is 0.369 e. The molecule has 0 aliphatic carbocycles. The van der Waals surface area contributed by atoms with E-state index in [1.807, 2.05) is 13.8 Å². The molecule has 1 atom stereocenters. The highest BCUT2D eigenvalue weighted by molar-refractivity contribution is 5.78. The van der Waals surface area contributed by atoms with Gasteiger partial charge in [0.05, 0.1) is 5.92 Å². The molecule has 0 saturated carbocycles. The molecule has 1 aliphatic rings. The minimum Gasteiger partial charge on any atom is -0.369 e. The van der Waals surface area contributed by atoms with Gasteiger partial charge in [0.25, 0.3) is 0 Å². The fourth-order valence-corrected chi connectivity index (χ4v) is 2.34. The minimum absolute atomic E-state index is 0.103. The van der Waals surface area contributed by atoms with Gasteiger partial charge >= 0.3 is 0 Å². The number of nitrogens with zero attached hydrogens (tertiary/aromatic N) is 3. The minimum atomic E-state index is -0.248. The van der Waals surface area contributed by atoms with Crippen LogP contribution in [0.4, 0.5) is 11.6 Å². The first kappa shape index (κ1) is 13.5. The number of hydrazine groups is 1. The Labute approximate surface area is 112 Å². The average molecular weight is 264 g/mol. The summed E-state index contributed by atoms with van der Waals surface area (Å²) in [6, 6.07) is 0. The van der Waals surface area contributed by atoms with Crippen molar-refractivity contribution < 1.29 is 4.79 Å². The second kappa shape index (κ2) is 5.40. The van der Waals surface area contributed by atoms with Gasteiger partial charge in [0.15, 0.2) is 0 Å². The van der Waals surface area contributed by atoms with Crippen LogP contribution in [0, 0.1) is 12.8 Å². The molecule has 1 unspecified atom stereocenters. The van der Waals surface area contributed by atoms with E-state index in [9.17, 15) is 4.79 Å². The molecule has 1 fully saturated rings. The standard InChI is InChI=1S/C12H20N6O/c1-3-9-15-11(17-14)7(2)12(16-9)18-5-4-8(6-18)10(13)19/h8H,3-6,14H2,1-2H3,(H2,13,19)(H,15,16,17). The van der Waals surface area contributed by atoms with E-state index in [0.29, 0.717) is 12.4 Å². The molecule has 7 heteroatoms. The third-order valence-electron chi connectivity index (χ3n) is 3.51. The Morgan fingerprint density at radius 2 is 2.26 bits per heavy atom. The summed E-state index contributed by atoms with van der Waals surface area (Å²) in [5.41, 5.74) is 8.85. The van der Waals surface area contributed by atoms with E-state index in [1.165, 1.54) is 0 Å². The average Bonchev–Trinajstić information content (AvgIpc) is 2.88. The first-order chi connectivity index (χ1) is 9.06. The lowest BCUT2D eigenvalue weighted by atomic mass is 10.1. The van der Waals surface area contributed by atoms with Gasteiger partial charge in [-0.15, -0.1) is 0 Å².